The van der Waals surface area contributed by atoms with E-state index in [1.807, 2.05) is 32.9 Å². The Morgan fingerprint density at radius 2 is 1.72 bits per heavy atom. The number of aryl methyl sites for hydroxylation is 2. The number of sulfonamides is 1. The third-order valence-corrected chi connectivity index (χ3v) is 10.8. The van der Waals surface area contributed by atoms with Crippen LogP contribution in [0.5, 0.6) is 5.75 Å². The van der Waals surface area contributed by atoms with E-state index in [9.17, 15) is 31.5 Å². The van der Waals surface area contributed by atoms with Gasteiger partial charge in [-0.3, -0.25) is 9.79 Å². The van der Waals surface area contributed by atoms with Gasteiger partial charge >= 0.3 is 6.18 Å². The Morgan fingerprint density at radius 1 is 1.11 bits per heavy atom. The highest BCUT2D eigenvalue weighted by atomic mass is 32.2. The highest BCUT2D eigenvalue weighted by Gasteiger charge is 2.48. The number of halogens is 3. The molecule has 4 rings (SSSR count). The summed E-state index contributed by atoms with van der Waals surface area (Å²) in [5.41, 5.74) is 1.50. The molecule has 3 aliphatic rings. The monoisotopic (exact) mass is 671 g/mol. The van der Waals surface area contributed by atoms with Gasteiger partial charge < -0.3 is 19.9 Å². The molecule has 1 saturated heterocycles. The molecule has 1 saturated carbocycles. The summed E-state index contributed by atoms with van der Waals surface area (Å²) < 4.78 is 77.1. The number of aliphatic imine (C=N–C) groups is 1. The molecular formula is C33H48F3N3O6S. The summed E-state index contributed by atoms with van der Waals surface area (Å²) in [4.78, 5) is 17.8. The maximum absolute atomic E-state index is 13.3. The van der Waals surface area contributed by atoms with Gasteiger partial charge in [-0.15, -0.1) is 0 Å². The van der Waals surface area contributed by atoms with Crippen LogP contribution in [-0.4, -0.2) is 73.4 Å². The van der Waals surface area contributed by atoms with Crippen molar-refractivity contribution in [3.63, 3.8) is 0 Å². The van der Waals surface area contributed by atoms with Crippen molar-refractivity contribution in [1.82, 2.24) is 9.62 Å². The minimum absolute atomic E-state index is 0.00881. The summed E-state index contributed by atoms with van der Waals surface area (Å²) >= 11 is 0. The van der Waals surface area contributed by atoms with Crippen LogP contribution in [0.2, 0.25) is 0 Å². The van der Waals surface area contributed by atoms with Gasteiger partial charge in [0.2, 0.25) is 10.0 Å². The fourth-order valence-electron chi connectivity index (χ4n) is 6.43. The molecule has 46 heavy (non-hydrogen) atoms. The van der Waals surface area contributed by atoms with Crippen molar-refractivity contribution in [3.8, 4) is 5.75 Å². The van der Waals surface area contributed by atoms with Crippen molar-refractivity contribution in [2.45, 2.75) is 103 Å². The minimum atomic E-state index is -4.14. The molecule has 1 aromatic carbocycles. The van der Waals surface area contributed by atoms with Gasteiger partial charge in [0.15, 0.2) is 5.79 Å². The molecule has 0 bridgehead atoms. The number of amides is 1. The number of hydrogen-bond donors (Lipinski definition) is 2. The Morgan fingerprint density at radius 3 is 2.28 bits per heavy atom. The van der Waals surface area contributed by atoms with Crippen LogP contribution in [0.15, 0.2) is 22.5 Å². The lowest BCUT2D eigenvalue weighted by molar-refractivity contribution is -0.183. The Labute approximate surface area is 270 Å². The number of alkyl halides is 3. The summed E-state index contributed by atoms with van der Waals surface area (Å²) in [7, 11) is -3.76. The van der Waals surface area contributed by atoms with E-state index in [0.29, 0.717) is 50.5 Å². The molecule has 0 aromatic heterocycles. The van der Waals surface area contributed by atoms with Gasteiger partial charge in [-0.25, -0.2) is 8.42 Å². The number of nitrogens with one attached hydrogen (secondary N) is 1. The van der Waals surface area contributed by atoms with Crippen LogP contribution in [0.4, 0.5) is 13.2 Å². The Bertz CT molecular complexity index is 1380. The van der Waals surface area contributed by atoms with E-state index in [4.69, 9.17) is 14.5 Å². The number of ether oxygens (including phenoxy) is 2. The van der Waals surface area contributed by atoms with Gasteiger partial charge in [-0.2, -0.15) is 17.5 Å². The zero-order chi connectivity index (χ0) is 33.9. The molecule has 0 unspecified atom stereocenters. The zero-order valence-electron chi connectivity index (χ0n) is 27.5. The van der Waals surface area contributed by atoms with Crippen molar-refractivity contribution < 1.29 is 41.0 Å². The molecule has 1 aliphatic carbocycles. The maximum Gasteiger partial charge on any atom is 0.389 e. The van der Waals surface area contributed by atoms with E-state index in [1.165, 1.54) is 9.71 Å². The van der Waals surface area contributed by atoms with Crippen molar-refractivity contribution >= 4 is 27.8 Å². The lowest BCUT2D eigenvalue weighted by Crippen LogP contribution is -2.50. The number of hydrogen-bond acceptors (Lipinski definition) is 7. The van der Waals surface area contributed by atoms with Crippen LogP contribution in [-0.2, 0) is 19.6 Å². The van der Waals surface area contributed by atoms with Crippen LogP contribution in [0.25, 0.3) is 6.08 Å². The van der Waals surface area contributed by atoms with Gasteiger partial charge in [0.1, 0.15) is 17.1 Å². The molecule has 2 heterocycles. The number of carbonyl (C=O) groups is 1. The molecule has 2 aliphatic heterocycles. The number of rotatable bonds is 12. The van der Waals surface area contributed by atoms with E-state index in [2.05, 4.69) is 5.32 Å². The normalized spacial score (nSPS) is 23.5. The SMILES string of the molecule is Cc1cc(OC[C@H](C)COC(C)(C)O)cc(C)c1/C=C/S(=O)(=O)N1CCC2(CC1)N=C(C1CCC(CCC(F)(F)F)CC1)NC2=O. The fraction of sp³-hybridized carbons (Fsp3) is 0.697. The predicted octanol–water partition coefficient (Wildman–Crippen LogP) is 5.88. The molecule has 2 N–H and O–H groups in total. The average Bonchev–Trinajstić information content (AvgIpc) is 3.28. The average molecular weight is 672 g/mol. The molecule has 258 valence electrons. The second-order valence-electron chi connectivity index (χ2n) is 13.7. The summed E-state index contributed by atoms with van der Waals surface area (Å²) in [6, 6.07) is 3.72. The quantitative estimate of drug-likeness (QED) is 0.268. The first-order chi connectivity index (χ1) is 21.4. The summed E-state index contributed by atoms with van der Waals surface area (Å²) in [5.74, 6) is -0.0715. The van der Waals surface area contributed by atoms with Gasteiger partial charge in [-0.1, -0.05) is 6.92 Å². The number of amidine groups is 1. The lowest BCUT2D eigenvalue weighted by atomic mass is 9.79. The first-order valence-electron chi connectivity index (χ1n) is 16.1. The molecule has 2 fully saturated rings. The molecule has 1 amide bonds. The van der Waals surface area contributed by atoms with E-state index in [0.717, 1.165) is 16.7 Å². The molecule has 1 aromatic rings. The topological polar surface area (TPSA) is 118 Å². The number of nitrogens with zero attached hydrogens (tertiary/aromatic N) is 2. The largest absolute Gasteiger partial charge is 0.493 e. The second kappa shape index (κ2) is 14.3. The van der Waals surface area contributed by atoms with E-state index in [-0.39, 0.29) is 56.0 Å². The van der Waals surface area contributed by atoms with Crippen LogP contribution >= 0.6 is 0 Å². The number of benzene rings is 1. The molecule has 9 nitrogen and oxygen atoms in total. The van der Waals surface area contributed by atoms with Crippen LogP contribution in [0.1, 0.15) is 88.8 Å². The molecule has 0 radical (unpaired) electrons. The Hall–Kier alpha value is -2.48. The van der Waals surface area contributed by atoms with Crippen LogP contribution in [0.3, 0.4) is 0 Å². The molecule has 1 spiro atoms. The van der Waals surface area contributed by atoms with Crippen molar-refractivity contribution in [2.75, 3.05) is 26.3 Å². The Kier molecular flexibility index (Phi) is 11.3. The van der Waals surface area contributed by atoms with E-state index < -0.39 is 33.9 Å². The number of carbonyl (C=O) groups excluding carboxylic acids is 1. The molecule has 13 heteroatoms. The van der Waals surface area contributed by atoms with Crippen molar-refractivity contribution in [2.24, 2.45) is 22.7 Å². The second-order valence-corrected chi connectivity index (χ2v) is 15.6. The van der Waals surface area contributed by atoms with Crippen molar-refractivity contribution in [1.29, 1.82) is 0 Å². The lowest BCUT2D eigenvalue weighted by Gasteiger charge is -2.34. The first kappa shape index (κ1) is 36.4. The van der Waals surface area contributed by atoms with Crippen molar-refractivity contribution in [3.05, 3.63) is 34.2 Å². The first-order valence-corrected chi connectivity index (χ1v) is 17.6. The smallest absolute Gasteiger partial charge is 0.389 e. The Balaban J connectivity index is 1.31. The minimum Gasteiger partial charge on any atom is -0.493 e. The molecule has 1 atom stereocenters. The van der Waals surface area contributed by atoms with Gasteiger partial charge in [0.05, 0.1) is 13.2 Å². The summed E-state index contributed by atoms with van der Waals surface area (Å²) in [6.07, 6.45) is 0.0786. The summed E-state index contributed by atoms with van der Waals surface area (Å²) in [5, 5.41) is 13.9. The van der Waals surface area contributed by atoms with Crippen LogP contribution < -0.4 is 10.1 Å². The summed E-state index contributed by atoms with van der Waals surface area (Å²) in [6.45, 7) is 9.93. The number of aliphatic hydroxyl groups is 1. The van der Waals surface area contributed by atoms with Gasteiger partial charge in [0, 0.05) is 36.8 Å². The van der Waals surface area contributed by atoms with E-state index in [1.54, 1.807) is 19.9 Å². The highest BCUT2D eigenvalue weighted by molar-refractivity contribution is 7.92. The fourth-order valence-corrected chi connectivity index (χ4v) is 7.60. The van der Waals surface area contributed by atoms with Gasteiger partial charge in [0.25, 0.3) is 5.91 Å². The predicted molar refractivity (Wildman–Crippen MR) is 171 cm³/mol. The zero-order valence-corrected chi connectivity index (χ0v) is 28.3. The molecular weight excluding hydrogens is 623 g/mol. The third kappa shape index (κ3) is 9.77. The maximum atomic E-state index is 13.3. The van der Waals surface area contributed by atoms with Gasteiger partial charge in [-0.05, 0) is 113 Å². The highest BCUT2D eigenvalue weighted by Crippen LogP contribution is 2.38. The number of piperidine rings is 1. The van der Waals surface area contributed by atoms with E-state index >= 15 is 0 Å². The third-order valence-electron chi connectivity index (χ3n) is 9.21. The standard InChI is InChI=1S/C33H48F3N3O6S/c1-22(21-45-31(4,5)41)20-44-27-18-23(2)28(24(3)19-27)11-17-46(42,43)39-15-13-32(14-16-39)30(40)37-29(38-32)26-8-6-25(7-9-26)10-12-33(34,35)36/h11,17-19,22,25-26,41H,6-10,12-16,20-21H2,1-5H3,(H,37,38,40)/b17-11+/t22-,25?,26?/m0/s1. The van der Waals surface area contributed by atoms with Crippen LogP contribution in [0, 0.1) is 31.6 Å².